The summed E-state index contributed by atoms with van der Waals surface area (Å²) >= 11 is 0. The van der Waals surface area contributed by atoms with Crippen LogP contribution in [0.1, 0.15) is 29.5 Å². The third-order valence-electron chi connectivity index (χ3n) is 6.48. The molecule has 1 aliphatic carbocycles. The van der Waals surface area contributed by atoms with Crippen LogP contribution in [-0.4, -0.2) is 13.3 Å². The molecule has 3 aromatic carbocycles. The van der Waals surface area contributed by atoms with Gasteiger partial charge in [0.15, 0.2) is 0 Å². The fraction of sp³-hybridized carbons (Fsp3) is 0.147. The van der Waals surface area contributed by atoms with Crippen LogP contribution in [-0.2, 0) is 0 Å². The molecule has 0 spiro atoms. The number of allylic oxidation sites excluding steroid dienone is 5. The highest BCUT2D eigenvalue weighted by molar-refractivity contribution is 5.89. The molecule has 2 heteroatoms. The lowest BCUT2D eigenvalue weighted by molar-refractivity contribution is 1.02. The van der Waals surface area contributed by atoms with Crippen molar-refractivity contribution in [2.75, 3.05) is 11.9 Å². The fourth-order valence-corrected chi connectivity index (χ4v) is 4.62. The summed E-state index contributed by atoms with van der Waals surface area (Å²) in [5, 5.41) is 3.58. The van der Waals surface area contributed by atoms with Crippen molar-refractivity contribution in [3.05, 3.63) is 132 Å². The number of nitrogens with one attached hydrogen (secondary N) is 1. The van der Waals surface area contributed by atoms with Gasteiger partial charge in [-0.1, -0.05) is 91.6 Å². The quantitative estimate of drug-likeness (QED) is 0.245. The van der Waals surface area contributed by atoms with Gasteiger partial charge in [0.25, 0.3) is 0 Å². The number of para-hydroxylation sites is 1. The number of anilines is 1. The Kier molecular flexibility index (Phi) is 8.31. The Morgan fingerprint density at radius 3 is 2.42 bits per heavy atom. The SMILES string of the molecule is C=C/C=C/CNc1ccccc1-c1cc(-c2ccccc2C)c(C)cc1/C=C(\N=C)C1=CCCC=C1. The predicted molar refractivity (Wildman–Crippen MR) is 159 cm³/mol. The highest BCUT2D eigenvalue weighted by Crippen LogP contribution is 2.38. The number of aryl methyl sites for hydroxylation is 2. The van der Waals surface area contributed by atoms with Crippen LogP contribution in [0.2, 0.25) is 0 Å². The molecule has 1 aliphatic rings. The summed E-state index contributed by atoms with van der Waals surface area (Å²) in [5.74, 6) is 0. The minimum Gasteiger partial charge on any atom is -0.381 e. The Hall–Kier alpha value is -4.17. The molecule has 0 amide bonds. The van der Waals surface area contributed by atoms with Gasteiger partial charge in [0.1, 0.15) is 0 Å². The van der Waals surface area contributed by atoms with E-state index in [9.17, 15) is 0 Å². The molecule has 0 unspecified atom stereocenters. The molecule has 0 aromatic heterocycles. The van der Waals surface area contributed by atoms with E-state index in [1.165, 1.54) is 22.3 Å². The van der Waals surface area contributed by atoms with E-state index in [1.54, 1.807) is 6.08 Å². The summed E-state index contributed by atoms with van der Waals surface area (Å²) < 4.78 is 0. The van der Waals surface area contributed by atoms with Crippen molar-refractivity contribution in [3.8, 4) is 22.3 Å². The van der Waals surface area contributed by atoms with E-state index in [0.717, 1.165) is 53.0 Å². The van der Waals surface area contributed by atoms with E-state index < -0.39 is 0 Å². The zero-order valence-corrected chi connectivity index (χ0v) is 21.3. The van der Waals surface area contributed by atoms with E-state index in [0.29, 0.717) is 0 Å². The van der Waals surface area contributed by atoms with Gasteiger partial charge in [0.05, 0.1) is 5.70 Å². The lowest BCUT2D eigenvalue weighted by atomic mass is 9.88. The molecule has 0 saturated heterocycles. The van der Waals surface area contributed by atoms with Gasteiger partial charge in [-0.05, 0) is 90.6 Å². The highest BCUT2D eigenvalue weighted by atomic mass is 14.9. The summed E-state index contributed by atoms with van der Waals surface area (Å²) in [4.78, 5) is 4.42. The molecule has 1 N–H and O–H groups in total. The van der Waals surface area contributed by atoms with Crippen LogP contribution in [0.15, 0.2) is 120 Å². The van der Waals surface area contributed by atoms with Crippen LogP contribution in [0.5, 0.6) is 0 Å². The molecular formula is C34H34N2. The molecule has 0 atom stereocenters. The first-order chi connectivity index (χ1) is 17.6. The molecule has 0 saturated carbocycles. The smallest absolute Gasteiger partial charge is 0.0697 e. The van der Waals surface area contributed by atoms with Gasteiger partial charge in [0, 0.05) is 17.8 Å². The van der Waals surface area contributed by atoms with Crippen LogP contribution in [0.4, 0.5) is 5.69 Å². The van der Waals surface area contributed by atoms with E-state index in [-0.39, 0.29) is 0 Å². The number of hydrogen-bond acceptors (Lipinski definition) is 2. The number of rotatable bonds is 9. The first-order valence-corrected chi connectivity index (χ1v) is 12.5. The molecule has 0 aliphatic heterocycles. The maximum absolute atomic E-state index is 4.42. The molecule has 0 fully saturated rings. The Morgan fingerprint density at radius 2 is 1.69 bits per heavy atom. The lowest BCUT2D eigenvalue weighted by Crippen LogP contribution is -2.01. The van der Waals surface area contributed by atoms with Gasteiger partial charge in [0.2, 0.25) is 0 Å². The topological polar surface area (TPSA) is 24.4 Å². The van der Waals surface area contributed by atoms with Crippen molar-refractivity contribution >= 4 is 18.5 Å². The minimum absolute atomic E-state index is 0.724. The fourth-order valence-electron chi connectivity index (χ4n) is 4.62. The van der Waals surface area contributed by atoms with Crippen molar-refractivity contribution in [1.82, 2.24) is 0 Å². The molecular weight excluding hydrogens is 436 g/mol. The maximum Gasteiger partial charge on any atom is 0.0697 e. The van der Waals surface area contributed by atoms with Crippen LogP contribution in [0, 0.1) is 13.8 Å². The standard InChI is InChI=1S/C34H34N2/c1-5-6-14-21-36-33-20-13-12-19-30(33)32-24-31(29-18-11-10-15-25(29)2)26(3)22-28(32)23-34(35-4)27-16-8-7-9-17-27/h5-6,8,10-20,22-24,36H,1,4,7,9,21H2,2-3H3/b14-6+,34-23-. The third kappa shape index (κ3) is 5.72. The summed E-state index contributed by atoms with van der Waals surface area (Å²) in [7, 11) is 0. The van der Waals surface area contributed by atoms with Gasteiger partial charge in [-0.25, -0.2) is 0 Å². The molecule has 36 heavy (non-hydrogen) atoms. The van der Waals surface area contributed by atoms with Gasteiger partial charge >= 0.3 is 0 Å². The molecule has 2 nitrogen and oxygen atoms in total. The van der Waals surface area contributed by atoms with Crippen molar-refractivity contribution in [1.29, 1.82) is 0 Å². The van der Waals surface area contributed by atoms with Crippen LogP contribution >= 0.6 is 0 Å². The number of aliphatic imine (C=N–C) groups is 1. The Morgan fingerprint density at radius 1 is 0.917 bits per heavy atom. The average Bonchev–Trinajstić information content (AvgIpc) is 2.91. The molecule has 3 aromatic rings. The molecule has 0 heterocycles. The van der Waals surface area contributed by atoms with Crippen LogP contribution in [0.3, 0.4) is 0 Å². The number of benzene rings is 3. The van der Waals surface area contributed by atoms with Crippen molar-refractivity contribution < 1.29 is 0 Å². The van der Waals surface area contributed by atoms with E-state index in [1.807, 2.05) is 6.08 Å². The van der Waals surface area contributed by atoms with Crippen molar-refractivity contribution in [2.24, 2.45) is 4.99 Å². The zero-order chi connectivity index (χ0) is 25.3. The first kappa shape index (κ1) is 24.9. The zero-order valence-electron chi connectivity index (χ0n) is 21.3. The molecule has 180 valence electrons. The van der Waals surface area contributed by atoms with Gasteiger partial charge in [-0.2, -0.15) is 0 Å². The van der Waals surface area contributed by atoms with E-state index in [4.69, 9.17) is 0 Å². The van der Waals surface area contributed by atoms with Gasteiger partial charge in [-0.3, -0.25) is 4.99 Å². The third-order valence-corrected chi connectivity index (χ3v) is 6.48. The summed E-state index contributed by atoms with van der Waals surface area (Å²) in [6.45, 7) is 12.7. The Bertz CT molecular complexity index is 1380. The van der Waals surface area contributed by atoms with E-state index in [2.05, 4.69) is 128 Å². The van der Waals surface area contributed by atoms with Crippen LogP contribution in [0.25, 0.3) is 28.3 Å². The summed E-state index contributed by atoms with van der Waals surface area (Å²) in [5.41, 5.74) is 11.6. The van der Waals surface area contributed by atoms with Crippen LogP contribution < -0.4 is 5.32 Å². The number of nitrogens with zero attached hydrogens (tertiary/aromatic N) is 1. The molecule has 4 rings (SSSR count). The van der Waals surface area contributed by atoms with E-state index >= 15 is 0 Å². The monoisotopic (exact) mass is 470 g/mol. The lowest BCUT2D eigenvalue weighted by Gasteiger charge is -2.18. The normalized spacial score (nSPS) is 13.5. The largest absolute Gasteiger partial charge is 0.381 e. The Balaban J connectivity index is 1.92. The minimum atomic E-state index is 0.724. The Labute approximate surface area is 215 Å². The number of hydrogen-bond donors (Lipinski definition) is 1. The maximum atomic E-state index is 4.42. The average molecular weight is 471 g/mol. The second-order valence-corrected chi connectivity index (χ2v) is 8.99. The van der Waals surface area contributed by atoms with Gasteiger partial charge < -0.3 is 5.32 Å². The summed E-state index contributed by atoms with van der Waals surface area (Å²) in [6.07, 6.45) is 16.7. The second-order valence-electron chi connectivity index (χ2n) is 8.99. The summed E-state index contributed by atoms with van der Waals surface area (Å²) in [6, 6.07) is 21.7. The molecule has 0 bridgehead atoms. The van der Waals surface area contributed by atoms with Crippen molar-refractivity contribution in [2.45, 2.75) is 26.7 Å². The first-order valence-electron chi connectivity index (χ1n) is 12.5. The van der Waals surface area contributed by atoms with Crippen molar-refractivity contribution in [3.63, 3.8) is 0 Å². The second kappa shape index (κ2) is 12.0. The predicted octanol–water partition coefficient (Wildman–Crippen LogP) is 9.11. The van der Waals surface area contributed by atoms with Gasteiger partial charge in [-0.15, -0.1) is 0 Å². The highest BCUT2D eigenvalue weighted by Gasteiger charge is 2.15. The molecule has 0 radical (unpaired) electrons.